The third kappa shape index (κ3) is 3.34. The Morgan fingerprint density at radius 2 is 2.24 bits per heavy atom. The maximum Gasteiger partial charge on any atom is 0.183 e. The Labute approximate surface area is 119 Å². The highest BCUT2D eigenvalue weighted by atomic mass is 79.9. The van der Waals surface area contributed by atoms with Gasteiger partial charge in [-0.15, -0.1) is 0 Å². The first kappa shape index (κ1) is 13.6. The van der Waals surface area contributed by atoms with E-state index in [0.717, 1.165) is 34.5 Å². The van der Waals surface area contributed by atoms with Gasteiger partial charge in [0.05, 0.1) is 11.0 Å². The van der Waals surface area contributed by atoms with Gasteiger partial charge in [0.1, 0.15) is 5.76 Å². The second-order valence-corrected chi connectivity index (χ2v) is 6.37. The second-order valence-electron chi connectivity index (χ2n) is 4.79. The maximum absolute atomic E-state index is 5.77. The van der Waals surface area contributed by atoms with Gasteiger partial charge in [-0.3, -0.25) is 4.90 Å². The normalized spacial score (nSPS) is 26.4. The van der Waals surface area contributed by atoms with Crippen molar-refractivity contribution in [1.29, 1.82) is 0 Å². The molecule has 0 saturated carbocycles. The van der Waals surface area contributed by atoms with E-state index in [0.29, 0.717) is 12.0 Å². The fraction of sp³-hybridized carbons (Fsp3) is 0.667. The van der Waals surface area contributed by atoms with E-state index < -0.39 is 0 Å². The third-order valence-corrected chi connectivity index (χ3v) is 5.21. The Balaban J connectivity index is 2.01. The Hall–Kier alpha value is 0.160. The molecule has 0 aromatic carbocycles. The molecule has 2 N–H and O–H groups in total. The topological polar surface area (TPSA) is 42.4 Å². The van der Waals surface area contributed by atoms with Gasteiger partial charge < -0.3 is 10.2 Å². The van der Waals surface area contributed by atoms with Gasteiger partial charge in [-0.2, -0.15) is 0 Å². The molecule has 17 heavy (non-hydrogen) atoms. The van der Waals surface area contributed by atoms with Crippen LogP contribution in [-0.2, 0) is 6.54 Å². The average molecular weight is 366 g/mol. The molecule has 2 rings (SSSR count). The Morgan fingerprint density at radius 1 is 1.47 bits per heavy atom. The number of furan rings is 1. The third-order valence-electron chi connectivity index (χ3n) is 3.50. The lowest BCUT2D eigenvalue weighted by Gasteiger charge is -2.37. The van der Waals surface area contributed by atoms with Crippen LogP contribution in [0.25, 0.3) is 0 Å². The van der Waals surface area contributed by atoms with Crippen molar-refractivity contribution in [3.05, 3.63) is 21.0 Å². The van der Waals surface area contributed by atoms with Crippen LogP contribution in [0, 0.1) is 5.92 Å². The minimum absolute atomic E-state index is 0.612. The standard InChI is InChI=1S/C12H18Br2N2O/c1-8-2-3-9(5-15)6-16(8)7-10-4-11(13)12(14)17-10/h4,8-9H,2-3,5-7,15H2,1H3. The molecule has 96 valence electrons. The Bertz CT molecular complexity index is 361. The predicted molar refractivity (Wildman–Crippen MR) is 75.8 cm³/mol. The highest BCUT2D eigenvalue weighted by molar-refractivity contribution is 9.13. The molecule has 0 radical (unpaired) electrons. The lowest BCUT2D eigenvalue weighted by atomic mass is 9.93. The summed E-state index contributed by atoms with van der Waals surface area (Å²) in [6, 6.07) is 2.64. The summed E-state index contributed by atoms with van der Waals surface area (Å²) in [7, 11) is 0. The molecule has 2 unspecified atom stereocenters. The van der Waals surface area contributed by atoms with Crippen molar-refractivity contribution in [2.45, 2.75) is 32.4 Å². The molecule has 5 heteroatoms. The number of piperidine rings is 1. The molecule has 0 bridgehead atoms. The van der Waals surface area contributed by atoms with Crippen LogP contribution < -0.4 is 5.73 Å². The monoisotopic (exact) mass is 364 g/mol. The first-order chi connectivity index (χ1) is 8.10. The van der Waals surface area contributed by atoms with Gasteiger partial charge in [0, 0.05) is 12.6 Å². The fourth-order valence-corrected chi connectivity index (χ4v) is 3.00. The molecule has 0 amide bonds. The van der Waals surface area contributed by atoms with E-state index >= 15 is 0 Å². The van der Waals surface area contributed by atoms with Gasteiger partial charge in [0.25, 0.3) is 0 Å². The van der Waals surface area contributed by atoms with Crippen LogP contribution in [0.15, 0.2) is 19.6 Å². The van der Waals surface area contributed by atoms with E-state index in [-0.39, 0.29) is 0 Å². The zero-order valence-electron chi connectivity index (χ0n) is 9.96. The fourth-order valence-electron chi connectivity index (χ4n) is 2.34. The number of likely N-dealkylation sites (tertiary alicyclic amines) is 1. The summed E-state index contributed by atoms with van der Waals surface area (Å²) in [5.74, 6) is 1.63. The first-order valence-electron chi connectivity index (χ1n) is 5.98. The van der Waals surface area contributed by atoms with Gasteiger partial charge >= 0.3 is 0 Å². The molecule has 1 saturated heterocycles. The van der Waals surface area contributed by atoms with Crippen LogP contribution in [-0.4, -0.2) is 24.0 Å². The SMILES string of the molecule is CC1CCC(CN)CN1Cc1cc(Br)c(Br)o1. The molecule has 1 aromatic heterocycles. The van der Waals surface area contributed by atoms with Crippen LogP contribution in [0.4, 0.5) is 0 Å². The van der Waals surface area contributed by atoms with Gasteiger partial charge in [0.2, 0.25) is 0 Å². The van der Waals surface area contributed by atoms with Gasteiger partial charge in [-0.05, 0) is 70.2 Å². The quantitative estimate of drug-likeness (QED) is 0.892. The van der Waals surface area contributed by atoms with Crippen molar-refractivity contribution in [3.63, 3.8) is 0 Å². The molecule has 1 aliphatic heterocycles. The summed E-state index contributed by atoms with van der Waals surface area (Å²) in [4.78, 5) is 2.46. The smallest absolute Gasteiger partial charge is 0.183 e. The number of rotatable bonds is 3. The zero-order valence-corrected chi connectivity index (χ0v) is 13.1. The lowest BCUT2D eigenvalue weighted by Crippen LogP contribution is -2.43. The lowest BCUT2D eigenvalue weighted by molar-refractivity contribution is 0.105. The van der Waals surface area contributed by atoms with Crippen LogP contribution in [0.3, 0.4) is 0 Å². The van der Waals surface area contributed by atoms with Crippen LogP contribution >= 0.6 is 31.9 Å². The highest BCUT2D eigenvalue weighted by Crippen LogP contribution is 2.29. The van der Waals surface area contributed by atoms with Gasteiger partial charge in [0.15, 0.2) is 4.67 Å². The van der Waals surface area contributed by atoms with E-state index in [2.05, 4.69) is 43.7 Å². The summed E-state index contributed by atoms with van der Waals surface area (Å²) in [6.07, 6.45) is 2.48. The summed E-state index contributed by atoms with van der Waals surface area (Å²) in [5.41, 5.74) is 5.77. The summed E-state index contributed by atoms with van der Waals surface area (Å²) in [5, 5.41) is 0. The minimum atomic E-state index is 0.612. The van der Waals surface area contributed by atoms with Crippen molar-refractivity contribution >= 4 is 31.9 Å². The summed E-state index contributed by atoms with van der Waals surface area (Å²) < 4.78 is 7.38. The largest absolute Gasteiger partial charge is 0.452 e. The van der Waals surface area contributed by atoms with Crippen molar-refractivity contribution in [3.8, 4) is 0 Å². The molecule has 2 heterocycles. The Kier molecular flexibility index (Phi) is 4.69. The number of hydrogen-bond acceptors (Lipinski definition) is 3. The number of nitrogens with two attached hydrogens (primary N) is 1. The number of hydrogen-bond donors (Lipinski definition) is 1. The van der Waals surface area contributed by atoms with Crippen molar-refractivity contribution < 1.29 is 4.42 Å². The Morgan fingerprint density at radius 3 is 2.82 bits per heavy atom. The van der Waals surface area contributed by atoms with Crippen molar-refractivity contribution in [2.24, 2.45) is 11.7 Å². The summed E-state index contributed by atoms with van der Waals surface area (Å²) >= 11 is 6.81. The van der Waals surface area contributed by atoms with E-state index in [9.17, 15) is 0 Å². The molecular weight excluding hydrogens is 348 g/mol. The van der Waals surface area contributed by atoms with Crippen LogP contribution in [0.1, 0.15) is 25.5 Å². The van der Waals surface area contributed by atoms with E-state index in [1.807, 2.05) is 6.07 Å². The van der Waals surface area contributed by atoms with Crippen LogP contribution in [0.5, 0.6) is 0 Å². The van der Waals surface area contributed by atoms with E-state index in [1.165, 1.54) is 12.8 Å². The molecule has 1 fully saturated rings. The molecule has 3 nitrogen and oxygen atoms in total. The highest BCUT2D eigenvalue weighted by Gasteiger charge is 2.25. The number of nitrogens with zero attached hydrogens (tertiary/aromatic N) is 1. The van der Waals surface area contributed by atoms with E-state index in [4.69, 9.17) is 10.2 Å². The van der Waals surface area contributed by atoms with Gasteiger partial charge in [-0.1, -0.05) is 0 Å². The van der Waals surface area contributed by atoms with Crippen molar-refractivity contribution in [2.75, 3.05) is 13.1 Å². The number of halogens is 2. The predicted octanol–water partition coefficient (Wildman–Crippen LogP) is 3.36. The minimum Gasteiger partial charge on any atom is -0.452 e. The van der Waals surface area contributed by atoms with E-state index in [1.54, 1.807) is 0 Å². The second kappa shape index (κ2) is 5.87. The van der Waals surface area contributed by atoms with Crippen LogP contribution in [0.2, 0.25) is 0 Å². The summed E-state index contributed by atoms with van der Waals surface area (Å²) in [6.45, 7) is 5.00. The van der Waals surface area contributed by atoms with Crippen molar-refractivity contribution in [1.82, 2.24) is 4.90 Å². The molecule has 1 aliphatic rings. The molecule has 1 aromatic rings. The molecule has 0 aliphatic carbocycles. The zero-order chi connectivity index (χ0) is 12.4. The first-order valence-corrected chi connectivity index (χ1v) is 7.56. The van der Waals surface area contributed by atoms with Gasteiger partial charge in [-0.25, -0.2) is 0 Å². The maximum atomic E-state index is 5.77. The average Bonchev–Trinajstić information content (AvgIpc) is 2.61. The molecule has 2 atom stereocenters. The molecular formula is C12H18Br2N2O. The molecule has 0 spiro atoms.